The number of benzene rings is 1. The third-order valence-corrected chi connectivity index (χ3v) is 4.12. The number of hydrogen-bond acceptors (Lipinski definition) is 3. The van der Waals surface area contributed by atoms with Crippen molar-refractivity contribution < 1.29 is 14.6 Å². The number of hydrogen-bond donors (Lipinski definition) is 1. The second kappa shape index (κ2) is 6.35. The lowest BCUT2D eigenvalue weighted by Crippen LogP contribution is -2.09. The van der Waals surface area contributed by atoms with E-state index in [0.29, 0.717) is 23.7 Å². The molecule has 0 spiro atoms. The molecule has 3 aromatic rings. The predicted molar refractivity (Wildman–Crippen MR) is 91.8 cm³/mol. The fourth-order valence-electron chi connectivity index (χ4n) is 3.01. The lowest BCUT2D eigenvalue weighted by Gasteiger charge is -2.14. The minimum absolute atomic E-state index is 0.204. The van der Waals surface area contributed by atoms with Gasteiger partial charge in [-0.25, -0.2) is 9.78 Å². The highest BCUT2D eigenvalue weighted by molar-refractivity contribution is 5.89. The van der Waals surface area contributed by atoms with Gasteiger partial charge >= 0.3 is 5.97 Å². The normalized spacial score (nSPS) is 11.0. The summed E-state index contributed by atoms with van der Waals surface area (Å²) in [5.41, 5.74) is 4.24. The SMILES string of the molecule is CCc1c(C)cc(OCc2ccccc2)c2nc(C)c(C(=O)O)n12. The summed E-state index contributed by atoms with van der Waals surface area (Å²) in [5.74, 6) is -0.376. The van der Waals surface area contributed by atoms with Crippen LogP contribution in [0.5, 0.6) is 5.75 Å². The van der Waals surface area contributed by atoms with Crippen LogP contribution in [0, 0.1) is 13.8 Å². The third-order valence-electron chi connectivity index (χ3n) is 4.12. The van der Waals surface area contributed by atoms with E-state index in [1.807, 2.05) is 50.2 Å². The number of rotatable bonds is 5. The maximum absolute atomic E-state index is 11.7. The van der Waals surface area contributed by atoms with Crippen LogP contribution in [0.15, 0.2) is 36.4 Å². The Morgan fingerprint density at radius 1 is 1.25 bits per heavy atom. The summed E-state index contributed by atoms with van der Waals surface area (Å²) >= 11 is 0. The molecule has 0 saturated heterocycles. The second-order valence-electron chi connectivity index (χ2n) is 5.78. The number of carboxylic acid groups (broad SMARTS) is 1. The first kappa shape index (κ1) is 16.1. The Bertz CT molecular complexity index is 898. The average Bonchev–Trinajstić information content (AvgIpc) is 2.91. The van der Waals surface area contributed by atoms with Gasteiger partial charge in [-0.3, -0.25) is 4.40 Å². The van der Waals surface area contributed by atoms with E-state index in [1.54, 1.807) is 11.3 Å². The number of aromatic nitrogens is 2. The summed E-state index contributed by atoms with van der Waals surface area (Å²) in [5, 5.41) is 9.56. The molecule has 0 unspecified atom stereocenters. The van der Waals surface area contributed by atoms with Gasteiger partial charge in [0.05, 0.1) is 5.69 Å². The number of aryl methyl sites for hydroxylation is 3. The maximum Gasteiger partial charge on any atom is 0.354 e. The van der Waals surface area contributed by atoms with Crippen LogP contribution in [0.1, 0.15) is 39.9 Å². The number of carboxylic acids is 1. The standard InChI is InChI=1S/C19H20N2O3/c1-4-15-12(2)10-16(24-11-14-8-6-5-7-9-14)18-20-13(3)17(19(22)23)21(15)18/h5-10H,4,11H2,1-3H3,(H,22,23). The Morgan fingerprint density at radius 3 is 2.58 bits per heavy atom. The van der Waals surface area contributed by atoms with Gasteiger partial charge in [-0.1, -0.05) is 37.3 Å². The molecule has 0 aliphatic rings. The Labute approximate surface area is 140 Å². The number of nitrogens with zero attached hydrogens (tertiary/aromatic N) is 2. The number of imidazole rings is 1. The average molecular weight is 324 g/mol. The van der Waals surface area contributed by atoms with Crippen molar-refractivity contribution in [2.24, 2.45) is 0 Å². The molecule has 3 rings (SSSR count). The quantitative estimate of drug-likeness (QED) is 0.775. The second-order valence-corrected chi connectivity index (χ2v) is 5.78. The number of carbonyl (C=O) groups is 1. The van der Waals surface area contributed by atoms with Gasteiger partial charge in [0.2, 0.25) is 0 Å². The van der Waals surface area contributed by atoms with Crippen molar-refractivity contribution in [3.63, 3.8) is 0 Å². The van der Waals surface area contributed by atoms with Crippen molar-refractivity contribution in [3.05, 3.63) is 64.6 Å². The highest BCUT2D eigenvalue weighted by Gasteiger charge is 2.21. The van der Waals surface area contributed by atoms with Crippen molar-refractivity contribution in [1.29, 1.82) is 0 Å². The fraction of sp³-hybridized carbons (Fsp3) is 0.263. The monoisotopic (exact) mass is 324 g/mol. The van der Waals surface area contributed by atoms with Gasteiger partial charge in [-0.2, -0.15) is 0 Å². The van der Waals surface area contributed by atoms with Gasteiger partial charge in [-0.15, -0.1) is 0 Å². The molecule has 0 radical (unpaired) electrons. The molecular weight excluding hydrogens is 304 g/mol. The van der Waals surface area contributed by atoms with Crippen molar-refractivity contribution in [2.45, 2.75) is 33.8 Å². The third kappa shape index (κ3) is 2.73. The summed E-state index contributed by atoms with van der Waals surface area (Å²) in [4.78, 5) is 16.1. The Morgan fingerprint density at radius 2 is 1.96 bits per heavy atom. The topological polar surface area (TPSA) is 63.8 Å². The molecule has 0 aliphatic carbocycles. The zero-order valence-corrected chi connectivity index (χ0v) is 14.0. The van der Waals surface area contributed by atoms with E-state index in [4.69, 9.17) is 4.74 Å². The van der Waals surface area contributed by atoms with Crippen molar-refractivity contribution in [3.8, 4) is 5.75 Å². The molecule has 0 amide bonds. The Balaban J connectivity index is 2.12. The summed E-state index contributed by atoms with van der Waals surface area (Å²) in [6.07, 6.45) is 0.720. The van der Waals surface area contributed by atoms with Crippen LogP contribution in [0.3, 0.4) is 0 Å². The van der Waals surface area contributed by atoms with Gasteiger partial charge in [0.25, 0.3) is 0 Å². The van der Waals surface area contributed by atoms with E-state index in [2.05, 4.69) is 4.98 Å². The molecule has 1 N–H and O–H groups in total. The molecule has 0 saturated carbocycles. The summed E-state index contributed by atoms with van der Waals surface area (Å²) in [6.45, 7) is 6.10. The van der Waals surface area contributed by atoms with Crippen LogP contribution in [-0.2, 0) is 13.0 Å². The minimum Gasteiger partial charge on any atom is -0.485 e. The van der Waals surface area contributed by atoms with Crippen LogP contribution >= 0.6 is 0 Å². The first-order valence-corrected chi connectivity index (χ1v) is 7.94. The summed E-state index contributed by atoms with van der Waals surface area (Å²) in [7, 11) is 0. The smallest absolute Gasteiger partial charge is 0.354 e. The van der Waals surface area contributed by atoms with Gasteiger partial charge in [0.1, 0.15) is 6.61 Å². The van der Waals surface area contributed by atoms with Crippen molar-refractivity contribution in [1.82, 2.24) is 9.38 Å². The summed E-state index contributed by atoms with van der Waals surface area (Å²) in [6, 6.07) is 11.8. The largest absolute Gasteiger partial charge is 0.485 e. The molecule has 5 nitrogen and oxygen atoms in total. The van der Waals surface area contributed by atoms with Crippen LogP contribution < -0.4 is 4.74 Å². The predicted octanol–water partition coefficient (Wildman–Crippen LogP) is 3.79. The minimum atomic E-state index is -0.977. The molecule has 0 fully saturated rings. The van der Waals surface area contributed by atoms with Crippen LogP contribution in [0.25, 0.3) is 5.65 Å². The van der Waals surface area contributed by atoms with Gasteiger partial charge in [0, 0.05) is 5.69 Å². The maximum atomic E-state index is 11.7. The van der Waals surface area contributed by atoms with Crippen molar-refractivity contribution in [2.75, 3.05) is 0 Å². The van der Waals surface area contributed by atoms with Crippen LogP contribution in [0.4, 0.5) is 0 Å². The number of fused-ring (bicyclic) bond motifs is 1. The summed E-state index contributed by atoms with van der Waals surface area (Å²) < 4.78 is 7.67. The van der Waals surface area contributed by atoms with E-state index in [0.717, 1.165) is 23.2 Å². The molecular formula is C19H20N2O3. The van der Waals surface area contributed by atoms with E-state index < -0.39 is 5.97 Å². The van der Waals surface area contributed by atoms with E-state index >= 15 is 0 Å². The molecule has 24 heavy (non-hydrogen) atoms. The first-order chi connectivity index (χ1) is 11.5. The molecule has 0 aliphatic heterocycles. The lowest BCUT2D eigenvalue weighted by atomic mass is 10.1. The highest BCUT2D eigenvalue weighted by atomic mass is 16.5. The molecule has 2 aromatic heterocycles. The first-order valence-electron chi connectivity index (χ1n) is 7.94. The van der Waals surface area contributed by atoms with Crippen LogP contribution in [0.2, 0.25) is 0 Å². The number of pyridine rings is 1. The van der Waals surface area contributed by atoms with E-state index in [1.165, 1.54) is 0 Å². The van der Waals surface area contributed by atoms with Gasteiger partial charge < -0.3 is 9.84 Å². The van der Waals surface area contributed by atoms with Gasteiger partial charge in [-0.05, 0) is 37.5 Å². The van der Waals surface area contributed by atoms with E-state index in [-0.39, 0.29) is 5.69 Å². The molecule has 0 bridgehead atoms. The zero-order chi connectivity index (χ0) is 17.3. The Kier molecular flexibility index (Phi) is 4.25. The fourth-order valence-corrected chi connectivity index (χ4v) is 3.01. The molecule has 5 heteroatoms. The number of aromatic carboxylic acids is 1. The highest BCUT2D eigenvalue weighted by Crippen LogP contribution is 2.28. The van der Waals surface area contributed by atoms with Crippen LogP contribution in [-0.4, -0.2) is 20.5 Å². The van der Waals surface area contributed by atoms with E-state index in [9.17, 15) is 9.90 Å². The number of ether oxygens (including phenoxy) is 1. The lowest BCUT2D eigenvalue weighted by molar-refractivity contribution is 0.0688. The van der Waals surface area contributed by atoms with Crippen molar-refractivity contribution >= 4 is 11.6 Å². The molecule has 1 aromatic carbocycles. The molecule has 0 atom stereocenters. The zero-order valence-electron chi connectivity index (χ0n) is 14.0. The van der Waals surface area contributed by atoms with Gasteiger partial charge in [0.15, 0.2) is 17.1 Å². The molecule has 124 valence electrons. The Hall–Kier alpha value is -2.82. The molecule has 2 heterocycles.